The number of aliphatic hydroxyl groups excluding tert-OH is 1. The van der Waals surface area contributed by atoms with E-state index in [1.165, 1.54) is 49.7 Å². The van der Waals surface area contributed by atoms with Crippen molar-refractivity contribution >= 4 is 22.8 Å². The van der Waals surface area contributed by atoms with Gasteiger partial charge in [-0.15, -0.1) is 0 Å². The van der Waals surface area contributed by atoms with Crippen LogP contribution in [0.2, 0.25) is 0 Å². The molecule has 0 aromatic heterocycles. The first-order valence-corrected chi connectivity index (χ1v) is 13.5. The Morgan fingerprint density at radius 2 is 1.21 bits per heavy atom. The van der Waals surface area contributed by atoms with Gasteiger partial charge in [-0.1, -0.05) is 73.5 Å². The van der Waals surface area contributed by atoms with E-state index in [9.17, 15) is 4.21 Å². The Morgan fingerprint density at radius 1 is 0.818 bits per heavy atom. The van der Waals surface area contributed by atoms with Crippen LogP contribution in [0.15, 0.2) is 60.7 Å². The number of aliphatic hydroxyl groups is 1. The van der Waals surface area contributed by atoms with Crippen LogP contribution in [0.4, 0.5) is 0 Å². The summed E-state index contributed by atoms with van der Waals surface area (Å²) in [4.78, 5) is 2.89. The predicted octanol–water partition coefficient (Wildman–Crippen LogP) is 6.46. The zero-order valence-corrected chi connectivity index (χ0v) is 22.0. The third-order valence-electron chi connectivity index (χ3n) is 6.47. The van der Waals surface area contributed by atoms with E-state index in [1.807, 2.05) is 32.9 Å². The van der Waals surface area contributed by atoms with Gasteiger partial charge in [0.05, 0.1) is 15.7 Å². The van der Waals surface area contributed by atoms with Crippen LogP contribution < -0.4 is 9.56 Å². The van der Waals surface area contributed by atoms with Gasteiger partial charge in [0.2, 0.25) is 0 Å². The molecule has 2 aliphatic carbocycles. The summed E-state index contributed by atoms with van der Waals surface area (Å²) in [6.45, 7) is 6.04. The fourth-order valence-corrected chi connectivity index (χ4v) is 5.24. The van der Waals surface area contributed by atoms with Gasteiger partial charge in [-0.25, -0.2) is 13.8 Å². The summed E-state index contributed by atoms with van der Waals surface area (Å²) >= 11 is 5.76. The summed E-state index contributed by atoms with van der Waals surface area (Å²) in [5, 5.41) is 7.00. The lowest BCUT2D eigenvalue weighted by Gasteiger charge is -2.35. The van der Waals surface area contributed by atoms with Gasteiger partial charge in [-0.2, -0.15) is 0 Å². The molecular formula is C27H41ClN2O2S. The number of rotatable bonds is 7. The van der Waals surface area contributed by atoms with Crippen molar-refractivity contribution in [3.63, 3.8) is 0 Å². The van der Waals surface area contributed by atoms with E-state index in [1.54, 1.807) is 0 Å². The molecule has 2 aromatic rings. The number of hydrogen-bond acceptors (Lipinski definition) is 3. The lowest BCUT2D eigenvalue weighted by molar-refractivity contribution is 0.252. The fourth-order valence-electron chi connectivity index (χ4n) is 4.02. The van der Waals surface area contributed by atoms with E-state index in [4.69, 9.17) is 16.9 Å². The van der Waals surface area contributed by atoms with Crippen molar-refractivity contribution in [1.82, 2.24) is 9.56 Å². The van der Waals surface area contributed by atoms with Gasteiger partial charge < -0.3 is 5.11 Å². The minimum Gasteiger partial charge on any atom is -0.400 e. The first kappa shape index (κ1) is 28.0. The maximum absolute atomic E-state index is 12.3. The van der Waals surface area contributed by atoms with Gasteiger partial charge in [0, 0.05) is 19.2 Å². The van der Waals surface area contributed by atoms with E-state index in [0.717, 1.165) is 13.0 Å². The van der Waals surface area contributed by atoms with E-state index in [-0.39, 0.29) is 10.8 Å². The van der Waals surface area contributed by atoms with E-state index < -0.39 is 11.0 Å². The molecule has 6 heteroatoms. The maximum Gasteiger partial charge on any atom is 0.0976 e. The van der Waals surface area contributed by atoms with Crippen molar-refractivity contribution in [3.8, 4) is 0 Å². The highest BCUT2D eigenvalue weighted by Crippen LogP contribution is 2.39. The van der Waals surface area contributed by atoms with Crippen LogP contribution in [0.5, 0.6) is 0 Å². The van der Waals surface area contributed by atoms with Crippen LogP contribution in [0.25, 0.3) is 0 Å². The minimum absolute atomic E-state index is 0.212. The molecular weight excluding hydrogens is 452 g/mol. The first-order chi connectivity index (χ1) is 15.9. The van der Waals surface area contributed by atoms with E-state index in [0.29, 0.717) is 12.0 Å². The van der Waals surface area contributed by atoms with Crippen LogP contribution in [0.3, 0.4) is 0 Å². The third kappa shape index (κ3) is 8.48. The molecule has 4 nitrogen and oxygen atoms in total. The molecule has 184 valence electrons. The highest BCUT2D eigenvalue weighted by Gasteiger charge is 2.32. The van der Waals surface area contributed by atoms with Crippen molar-refractivity contribution in [3.05, 3.63) is 71.8 Å². The smallest absolute Gasteiger partial charge is 0.0976 e. The Morgan fingerprint density at radius 3 is 1.55 bits per heavy atom. The maximum atomic E-state index is 12.3. The van der Waals surface area contributed by atoms with Crippen LogP contribution in [0, 0.1) is 11.8 Å². The van der Waals surface area contributed by atoms with Crippen LogP contribution in [-0.2, 0) is 11.0 Å². The first-order valence-electron chi connectivity index (χ1n) is 12.0. The molecule has 2 saturated carbocycles. The van der Waals surface area contributed by atoms with Gasteiger partial charge in [-0.05, 0) is 81.2 Å². The molecule has 3 N–H and O–H groups in total. The molecule has 0 aliphatic heterocycles. The molecule has 0 radical (unpaired) electrons. The third-order valence-corrected chi connectivity index (χ3v) is 8.28. The largest absolute Gasteiger partial charge is 0.400 e. The molecule has 2 aromatic carbocycles. The summed E-state index contributed by atoms with van der Waals surface area (Å²) in [7, 11) is -0.00618. The van der Waals surface area contributed by atoms with Crippen molar-refractivity contribution in [2.24, 2.45) is 11.8 Å². The zero-order chi connectivity index (χ0) is 24.3. The average Bonchev–Trinajstić information content (AvgIpc) is 2.76. The topological polar surface area (TPSA) is 61.4 Å². The Balaban J connectivity index is 0.000000227. The molecule has 0 saturated heterocycles. The van der Waals surface area contributed by atoms with Gasteiger partial charge >= 0.3 is 0 Å². The number of nitrogens with one attached hydrogen (secondary N) is 2. The van der Waals surface area contributed by atoms with Crippen LogP contribution in [0.1, 0.15) is 82.5 Å². The van der Waals surface area contributed by atoms with Crippen molar-refractivity contribution in [2.75, 3.05) is 7.11 Å². The number of benzene rings is 2. The van der Waals surface area contributed by atoms with Crippen LogP contribution >= 0.6 is 11.8 Å². The van der Waals surface area contributed by atoms with Crippen LogP contribution in [-0.4, -0.2) is 21.2 Å². The average molecular weight is 493 g/mol. The minimum atomic E-state index is -1.01. The van der Waals surface area contributed by atoms with Crippen molar-refractivity contribution < 1.29 is 9.32 Å². The predicted molar refractivity (Wildman–Crippen MR) is 141 cm³/mol. The summed E-state index contributed by atoms with van der Waals surface area (Å²) in [5.74, 6) is 1.37. The van der Waals surface area contributed by atoms with Gasteiger partial charge in [0.15, 0.2) is 0 Å². The van der Waals surface area contributed by atoms with Crippen molar-refractivity contribution in [2.45, 2.75) is 76.1 Å². The quantitative estimate of drug-likeness (QED) is 0.388. The summed E-state index contributed by atoms with van der Waals surface area (Å²) < 4.78 is 15.4. The standard InChI is InChI=1S/C15H23NOS.C11H14ClN.CH4O/c1-15(2,3)18(17)16-14(13-10-7-11-13)12-8-5-4-6-9-12;12-13-11(10-7-4-8-10)9-5-2-1-3-6-9;1-2/h4-6,8-9,13-14,16H,7,10-11H2,1-3H3;1-3,5-6,10-11,13H,4,7-8H2;2H,1H3/t14-,18+;11-;/m11./s1. The molecule has 3 atom stereocenters. The summed E-state index contributed by atoms with van der Waals surface area (Å²) in [6.07, 6.45) is 7.75. The highest BCUT2D eigenvalue weighted by atomic mass is 35.5. The number of halogens is 1. The molecule has 2 aliphatic rings. The highest BCUT2D eigenvalue weighted by molar-refractivity contribution is 7.84. The van der Waals surface area contributed by atoms with Crippen molar-refractivity contribution in [1.29, 1.82) is 0 Å². The molecule has 0 spiro atoms. The molecule has 4 rings (SSSR count). The lowest BCUT2D eigenvalue weighted by atomic mass is 9.77. The lowest BCUT2D eigenvalue weighted by Crippen LogP contribution is -2.40. The van der Waals surface area contributed by atoms with E-state index >= 15 is 0 Å². The fraction of sp³-hybridized carbons (Fsp3) is 0.556. The SMILES string of the molecule is CC(C)(C)[S@](=O)N[C@H](c1ccccc1)C1CCC1.CO.ClN[C@H](c1ccccc1)C1CCC1. The molecule has 33 heavy (non-hydrogen) atoms. The molecule has 2 fully saturated rings. The second-order valence-electron chi connectivity index (χ2n) is 9.77. The summed E-state index contributed by atoms with van der Waals surface area (Å²) in [5.41, 5.74) is 2.57. The molecule has 0 unspecified atom stereocenters. The van der Waals surface area contributed by atoms with Gasteiger partial charge in [-0.3, -0.25) is 0 Å². The monoisotopic (exact) mass is 492 g/mol. The zero-order valence-electron chi connectivity index (χ0n) is 20.5. The summed E-state index contributed by atoms with van der Waals surface area (Å²) in [6, 6.07) is 21.4. The normalized spacial score (nSPS) is 18.8. The number of hydrogen-bond donors (Lipinski definition) is 3. The Kier molecular flexibility index (Phi) is 12.1. The Hall–Kier alpha value is -1.24. The Labute approximate surface area is 208 Å². The Bertz CT molecular complexity index is 806. The second kappa shape index (κ2) is 14.2. The molecule has 0 heterocycles. The van der Waals surface area contributed by atoms with E-state index in [2.05, 4.69) is 58.1 Å². The van der Waals surface area contributed by atoms with Gasteiger partial charge in [0.1, 0.15) is 0 Å². The van der Waals surface area contributed by atoms with Gasteiger partial charge in [0.25, 0.3) is 0 Å². The molecule has 0 bridgehead atoms. The second-order valence-corrected chi connectivity index (χ2v) is 12.0. The molecule has 0 amide bonds.